The lowest BCUT2D eigenvalue weighted by Gasteiger charge is -2.23. The number of hydrogen-bond donors (Lipinski definition) is 2. The lowest BCUT2D eigenvalue weighted by Crippen LogP contribution is -2.44. The van der Waals surface area contributed by atoms with E-state index in [1.54, 1.807) is 11.3 Å². The molecule has 1 aliphatic rings. The molecule has 112 valence electrons. The van der Waals surface area contributed by atoms with Gasteiger partial charge in [0.25, 0.3) is 0 Å². The summed E-state index contributed by atoms with van der Waals surface area (Å²) >= 11 is 1.76. The number of amides is 1. The van der Waals surface area contributed by atoms with Crippen LogP contribution in [0.4, 0.5) is 0 Å². The van der Waals surface area contributed by atoms with Crippen LogP contribution in [-0.4, -0.2) is 38.3 Å². The van der Waals surface area contributed by atoms with Gasteiger partial charge in [0.05, 0.1) is 13.2 Å². The van der Waals surface area contributed by atoms with E-state index in [1.807, 2.05) is 0 Å². The third-order valence-electron chi connectivity index (χ3n) is 3.71. The van der Waals surface area contributed by atoms with Gasteiger partial charge in [0.1, 0.15) is 0 Å². The Kier molecular flexibility index (Phi) is 4.85. The Morgan fingerprint density at radius 2 is 2.33 bits per heavy atom. The van der Waals surface area contributed by atoms with E-state index >= 15 is 0 Å². The Balaban J connectivity index is 1.46. The summed E-state index contributed by atoms with van der Waals surface area (Å²) in [4.78, 5) is 11.9. The van der Waals surface area contributed by atoms with Crippen LogP contribution in [0.3, 0.4) is 0 Å². The van der Waals surface area contributed by atoms with Crippen LogP contribution in [0.5, 0.6) is 0 Å². The second-order valence-corrected chi connectivity index (χ2v) is 6.20. The molecule has 1 aromatic heterocycles. The van der Waals surface area contributed by atoms with Crippen molar-refractivity contribution in [3.05, 3.63) is 35.2 Å². The number of ether oxygens (including phenoxy) is 1. The second-order valence-electron chi connectivity index (χ2n) is 5.29. The van der Waals surface area contributed by atoms with Crippen LogP contribution in [0.1, 0.15) is 12.0 Å². The highest BCUT2D eigenvalue weighted by atomic mass is 32.1. The molecule has 1 aromatic carbocycles. The van der Waals surface area contributed by atoms with Gasteiger partial charge in [-0.15, -0.1) is 11.3 Å². The Bertz CT molecular complexity index is 605. The fourth-order valence-corrected chi connectivity index (χ4v) is 3.61. The second kappa shape index (κ2) is 7.02. The molecular weight excluding hydrogens is 284 g/mol. The number of rotatable bonds is 5. The number of thiophene rings is 1. The predicted octanol–water partition coefficient (Wildman–Crippen LogP) is 1.94. The molecule has 2 aromatic rings. The number of hydrogen-bond acceptors (Lipinski definition) is 4. The lowest BCUT2D eigenvalue weighted by atomic mass is 10.1. The van der Waals surface area contributed by atoms with E-state index in [0.717, 1.165) is 19.6 Å². The molecule has 0 saturated carbocycles. The van der Waals surface area contributed by atoms with Crippen LogP contribution in [0.15, 0.2) is 29.6 Å². The van der Waals surface area contributed by atoms with Crippen molar-refractivity contribution in [3.63, 3.8) is 0 Å². The molecule has 1 fully saturated rings. The first-order valence-electron chi connectivity index (χ1n) is 7.36. The van der Waals surface area contributed by atoms with Gasteiger partial charge < -0.3 is 15.4 Å². The van der Waals surface area contributed by atoms with Crippen LogP contribution < -0.4 is 10.6 Å². The van der Waals surface area contributed by atoms with Crippen LogP contribution in [0.25, 0.3) is 10.1 Å². The van der Waals surface area contributed by atoms with Gasteiger partial charge in [-0.2, -0.15) is 0 Å². The number of nitrogens with one attached hydrogen (secondary N) is 2. The minimum absolute atomic E-state index is 0.0949. The van der Waals surface area contributed by atoms with Crippen molar-refractivity contribution in [2.75, 3.05) is 26.3 Å². The molecule has 1 amide bonds. The molecule has 21 heavy (non-hydrogen) atoms. The summed E-state index contributed by atoms with van der Waals surface area (Å²) in [5, 5.41) is 9.79. The number of carbonyl (C=O) groups is 1. The van der Waals surface area contributed by atoms with E-state index in [9.17, 15) is 4.79 Å². The summed E-state index contributed by atoms with van der Waals surface area (Å²) in [6.45, 7) is 2.89. The van der Waals surface area contributed by atoms with E-state index in [1.165, 1.54) is 15.6 Å². The van der Waals surface area contributed by atoms with Crippen molar-refractivity contribution in [1.29, 1.82) is 0 Å². The summed E-state index contributed by atoms with van der Waals surface area (Å²) in [6.07, 6.45) is 1.37. The number of carbonyl (C=O) groups excluding carboxylic acids is 1. The summed E-state index contributed by atoms with van der Waals surface area (Å²) in [7, 11) is 0. The Hall–Kier alpha value is -1.43. The fourth-order valence-electron chi connectivity index (χ4n) is 2.61. The van der Waals surface area contributed by atoms with Crippen LogP contribution in [0.2, 0.25) is 0 Å². The smallest absolute Gasteiger partial charge is 0.221 e. The zero-order chi connectivity index (χ0) is 14.5. The summed E-state index contributed by atoms with van der Waals surface area (Å²) < 4.78 is 6.66. The SMILES string of the molecule is O=C(CC1COCCN1)NCCc1csc2ccccc12. The van der Waals surface area contributed by atoms with Crippen molar-refractivity contribution in [3.8, 4) is 0 Å². The topological polar surface area (TPSA) is 50.4 Å². The average molecular weight is 304 g/mol. The van der Waals surface area contributed by atoms with Crippen LogP contribution in [0, 0.1) is 0 Å². The minimum Gasteiger partial charge on any atom is -0.378 e. The van der Waals surface area contributed by atoms with E-state index in [0.29, 0.717) is 19.6 Å². The van der Waals surface area contributed by atoms with E-state index in [2.05, 4.69) is 40.3 Å². The van der Waals surface area contributed by atoms with Gasteiger partial charge in [0.15, 0.2) is 0 Å². The molecule has 2 N–H and O–H groups in total. The maximum absolute atomic E-state index is 11.9. The molecule has 0 radical (unpaired) electrons. The highest BCUT2D eigenvalue weighted by Gasteiger charge is 2.16. The van der Waals surface area contributed by atoms with Gasteiger partial charge >= 0.3 is 0 Å². The predicted molar refractivity (Wildman–Crippen MR) is 85.8 cm³/mol. The zero-order valence-electron chi connectivity index (χ0n) is 11.9. The summed E-state index contributed by atoms with van der Waals surface area (Å²) in [5.41, 5.74) is 1.31. The normalized spacial score (nSPS) is 18.8. The zero-order valence-corrected chi connectivity index (χ0v) is 12.7. The molecule has 1 aliphatic heterocycles. The van der Waals surface area contributed by atoms with Crippen molar-refractivity contribution in [2.24, 2.45) is 0 Å². The molecular formula is C16H20N2O2S. The molecule has 1 saturated heterocycles. The third kappa shape index (κ3) is 3.81. The van der Waals surface area contributed by atoms with E-state index in [-0.39, 0.29) is 11.9 Å². The average Bonchev–Trinajstić information content (AvgIpc) is 2.92. The third-order valence-corrected chi connectivity index (χ3v) is 4.72. The van der Waals surface area contributed by atoms with Crippen molar-refractivity contribution >= 4 is 27.3 Å². The molecule has 3 rings (SSSR count). The van der Waals surface area contributed by atoms with Gasteiger partial charge in [0.2, 0.25) is 5.91 Å². The molecule has 0 aliphatic carbocycles. The largest absolute Gasteiger partial charge is 0.378 e. The molecule has 0 spiro atoms. The van der Waals surface area contributed by atoms with Gasteiger partial charge in [0, 0.05) is 30.3 Å². The van der Waals surface area contributed by atoms with Crippen molar-refractivity contribution < 1.29 is 9.53 Å². The van der Waals surface area contributed by atoms with Gasteiger partial charge in [-0.1, -0.05) is 18.2 Å². The Labute approximate surface area is 128 Å². The van der Waals surface area contributed by atoms with Crippen molar-refractivity contribution in [1.82, 2.24) is 10.6 Å². The maximum atomic E-state index is 11.9. The van der Waals surface area contributed by atoms with Gasteiger partial charge in [-0.3, -0.25) is 4.79 Å². The number of benzene rings is 1. The minimum atomic E-state index is 0.0949. The highest BCUT2D eigenvalue weighted by Crippen LogP contribution is 2.25. The first kappa shape index (κ1) is 14.5. The maximum Gasteiger partial charge on any atom is 0.221 e. The van der Waals surface area contributed by atoms with Gasteiger partial charge in [-0.25, -0.2) is 0 Å². The Morgan fingerprint density at radius 3 is 3.19 bits per heavy atom. The molecule has 1 atom stereocenters. The molecule has 1 unspecified atom stereocenters. The van der Waals surface area contributed by atoms with Crippen molar-refractivity contribution in [2.45, 2.75) is 18.9 Å². The molecule has 2 heterocycles. The van der Waals surface area contributed by atoms with Crippen LogP contribution in [-0.2, 0) is 16.0 Å². The summed E-state index contributed by atoms with van der Waals surface area (Å²) in [5.74, 6) is 0.0949. The molecule has 4 nitrogen and oxygen atoms in total. The number of morpholine rings is 1. The lowest BCUT2D eigenvalue weighted by molar-refractivity contribution is -0.122. The van der Waals surface area contributed by atoms with Gasteiger partial charge in [-0.05, 0) is 28.8 Å². The first-order valence-corrected chi connectivity index (χ1v) is 8.24. The number of fused-ring (bicyclic) bond motifs is 1. The van der Waals surface area contributed by atoms with E-state index in [4.69, 9.17) is 4.74 Å². The summed E-state index contributed by atoms with van der Waals surface area (Å²) in [6, 6.07) is 8.55. The van der Waals surface area contributed by atoms with Crippen LogP contribution >= 0.6 is 11.3 Å². The molecule has 0 bridgehead atoms. The first-order chi connectivity index (χ1) is 10.3. The van der Waals surface area contributed by atoms with E-state index < -0.39 is 0 Å². The fraction of sp³-hybridized carbons (Fsp3) is 0.438. The Morgan fingerprint density at radius 1 is 1.43 bits per heavy atom. The standard InChI is InChI=1S/C16H20N2O2S/c19-16(9-13-10-20-8-7-17-13)18-6-5-12-11-21-15-4-2-1-3-14(12)15/h1-4,11,13,17H,5-10H2,(H,18,19). The molecule has 5 heteroatoms. The monoisotopic (exact) mass is 304 g/mol. The quantitative estimate of drug-likeness (QED) is 0.887. The highest BCUT2D eigenvalue weighted by molar-refractivity contribution is 7.17.